The van der Waals surface area contributed by atoms with Gasteiger partial charge < -0.3 is 10.5 Å². The number of fused-ring (bicyclic) bond motifs is 2. The molecule has 0 bridgehead atoms. The average Bonchev–Trinajstić information content (AvgIpc) is 3.35. The highest BCUT2D eigenvalue weighted by Crippen LogP contribution is 2.29. The Labute approximate surface area is 241 Å². The molecule has 4 heterocycles. The summed E-state index contributed by atoms with van der Waals surface area (Å²) in [4.78, 5) is 69.0. The van der Waals surface area contributed by atoms with Crippen LogP contribution >= 0.6 is 0 Å². The van der Waals surface area contributed by atoms with E-state index in [1.165, 1.54) is 24.3 Å². The Kier molecular flexibility index (Phi) is 8.43. The Morgan fingerprint density at radius 2 is 1.26 bits per heavy atom. The molecule has 43 heavy (non-hydrogen) atoms. The summed E-state index contributed by atoms with van der Waals surface area (Å²) in [6.07, 6.45) is 0.00935. The molecule has 2 fully saturated rings. The lowest BCUT2D eigenvalue weighted by Gasteiger charge is -2.28. The van der Waals surface area contributed by atoms with Gasteiger partial charge in [0, 0.05) is 0 Å². The van der Waals surface area contributed by atoms with Crippen molar-refractivity contribution in [2.45, 2.75) is 24.9 Å². The first kappa shape index (κ1) is 31.3. The molecule has 15 nitrogen and oxygen atoms in total. The number of imide groups is 1. The zero-order valence-electron chi connectivity index (χ0n) is 21.5. The van der Waals surface area contributed by atoms with Gasteiger partial charge in [0.25, 0.3) is 17.7 Å². The van der Waals surface area contributed by atoms with Crippen LogP contribution in [-0.2, 0) is 34.4 Å². The minimum Gasteiger partial charge on any atom is -0.386 e. The number of benzene rings is 2. The van der Waals surface area contributed by atoms with E-state index in [-0.39, 0.29) is 46.6 Å². The Morgan fingerprint density at radius 1 is 0.721 bits per heavy atom. The van der Waals surface area contributed by atoms with Crippen molar-refractivity contribution in [3.8, 4) is 0 Å². The van der Waals surface area contributed by atoms with Gasteiger partial charge in [0.2, 0.25) is 26.0 Å². The van der Waals surface area contributed by atoms with Gasteiger partial charge in [0.05, 0.1) is 34.2 Å². The number of halogens is 2. The molecule has 4 amide bonds. The molecule has 2 aromatic carbocycles. The van der Waals surface area contributed by atoms with E-state index in [4.69, 9.17) is 5.73 Å². The van der Waals surface area contributed by atoms with Crippen molar-refractivity contribution in [2.75, 3.05) is 11.5 Å². The molecule has 0 spiro atoms. The number of hydrogen-bond acceptors (Lipinski definition) is 12. The fourth-order valence-corrected chi connectivity index (χ4v) is 6.45. The van der Waals surface area contributed by atoms with Gasteiger partial charge in [0.1, 0.15) is 23.2 Å². The molecule has 4 aliphatic rings. The maximum Gasteiger partial charge on any atom is 0.349 e. The van der Waals surface area contributed by atoms with Gasteiger partial charge in [-0.1, -0.05) is 12.1 Å². The molecule has 0 saturated carbocycles. The Morgan fingerprint density at radius 3 is 1.77 bits per heavy atom. The number of carbonyl (C=O) groups excluding carboxylic acids is 6. The number of amides is 4. The monoisotopic (exact) mass is 642 g/mol. The molecule has 4 aliphatic heterocycles. The van der Waals surface area contributed by atoms with Crippen LogP contribution in [-0.4, -0.2) is 80.9 Å². The summed E-state index contributed by atoms with van der Waals surface area (Å²) >= 11 is 0. The van der Waals surface area contributed by atoms with Crippen LogP contribution in [0.15, 0.2) is 36.4 Å². The van der Waals surface area contributed by atoms with Gasteiger partial charge in [0.15, 0.2) is 0 Å². The third kappa shape index (κ3) is 6.42. The molecule has 6 rings (SSSR count). The van der Waals surface area contributed by atoms with Crippen LogP contribution < -0.4 is 15.2 Å². The molecule has 4 N–H and O–H groups in total. The number of nitrogens with zero attached hydrogens (tertiary/aromatic N) is 1. The lowest BCUT2D eigenvalue weighted by molar-refractivity contribution is -0.123. The zero-order valence-corrected chi connectivity index (χ0v) is 23.2. The van der Waals surface area contributed by atoms with E-state index in [0.717, 1.165) is 12.1 Å². The van der Waals surface area contributed by atoms with Crippen LogP contribution in [0.3, 0.4) is 0 Å². The van der Waals surface area contributed by atoms with Crippen molar-refractivity contribution < 1.29 is 59.1 Å². The van der Waals surface area contributed by atoms with Crippen LogP contribution in [0.1, 0.15) is 54.3 Å². The maximum atomic E-state index is 13.7. The largest absolute Gasteiger partial charge is 0.386 e. The summed E-state index contributed by atoms with van der Waals surface area (Å²) < 4.78 is 78.1. The summed E-state index contributed by atoms with van der Waals surface area (Å²) in [6.45, 7) is 0. The molecule has 19 heteroatoms. The standard InChI is InChI=1S/C12H9FN2O5S.C8H3FO3.C4H8N2O3S/c13-7-3-1-2-6-9(7)12(18)15(11(6)17)8-4-5-21(19,20)14-10(8)16;9-5-3-1-2-4-6(5)8(11)12-7(4)10;5-3-1-2-10(8,9)6-4(3)7/h1-3,8H,4-5H2,(H,14,16);1-3H;3H,1-2,5H2,(H,6,7). The fraction of sp³-hybridized carbons (Fsp3) is 0.250. The third-order valence-electron chi connectivity index (χ3n) is 6.34. The first-order valence-electron chi connectivity index (χ1n) is 12.1. The molecule has 228 valence electrons. The number of carbonyl (C=O) groups is 6. The zero-order chi connectivity index (χ0) is 31.9. The first-order chi connectivity index (χ1) is 20.0. The van der Waals surface area contributed by atoms with Gasteiger partial charge in [-0.3, -0.25) is 33.5 Å². The lowest BCUT2D eigenvalue weighted by atomic mass is 10.1. The van der Waals surface area contributed by atoms with Gasteiger partial charge in [-0.25, -0.2) is 35.2 Å². The van der Waals surface area contributed by atoms with Gasteiger partial charge in [-0.2, -0.15) is 0 Å². The topological polar surface area (TPSA) is 233 Å². The number of rotatable bonds is 1. The van der Waals surface area contributed by atoms with Crippen molar-refractivity contribution in [1.29, 1.82) is 0 Å². The fourth-order valence-electron chi connectivity index (χ4n) is 4.25. The van der Waals surface area contributed by atoms with Crippen LogP contribution in [0.4, 0.5) is 8.78 Å². The summed E-state index contributed by atoms with van der Waals surface area (Å²) in [5.74, 6) is -6.99. The van der Waals surface area contributed by atoms with E-state index < -0.39 is 79.3 Å². The van der Waals surface area contributed by atoms with Crippen molar-refractivity contribution in [3.63, 3.8) is 0 Å². The Bertz CT molecular complexity index is 1810. The SMILES string of the molecule is NC1CCS(=O)(=O)NC1=O.O=C1NS(=O)(=O)CCC1N1C(=O)c2cccc(F)c2C1=O.O=C1OC(=O)c2c(F)cccc21. The lowest BCUT2D eigenvalue weighted by Crippen LogP contribution is -2.55. The molecule has 0 aromatic heterocycles. The van der Waals surface area contributed by atoms with Crippen molar-refractivity contribution in [3.05, 3.63) is 70.3 Å². The molecule has 2 aromatic rings. The molecular formula is C24H20F2N4O11S2. The first-order valence-corrected chi connectivity index (χ1v) is 15.4. The summed E-state index contributed by atoms with van der Waals surface area (Å²) in [5, 5.41) is 0. The van der Waals surface area contributed by atoms with E-state index >= 15 is 0 Å². The number of esters is 2. The number of nitrogens with two attached hydrogens (primary N) is 1. The molecule has 0 aliphatic carbocycles. The van der Waals surface area contributed by atoms with Crippen molar-refractivity contribution in [1.82, 2.24) is 14.3 Å². The van der Waals surface area contributed by atoms with E-state index in [9.17, 15) is 54.4 Å². The highest BCUT2D eigenvalue weighted by Gasteiger charge is 2.46. The highest BCUT2D eigenvalue weighted by atomic mass is 32.2. The second kappa shape index (κ2) is 11.6. The third-order valence-corrected chi connectivity index (χ3v) is 8.91. The molecule has 0 radical (unpaired) electrons. The van der Waals surface area contributed by atoms with Crippen LogP contribution in [0.2, 0.25) is 0 Å². The summed E-state index contributed by atoms with van der Waals surface area (Å²) in [6, 6.07) is 5.52. The number of hydrogen-bond donors (Lipinski definition) is 3. The van der Waals surface area contributed by atoms with Gasteiger partial charge in [-0.05, 0) is 37.1 Å². The minimum absolute atomic E-state index is 0.000000000000000444. The number of cyclic esters (lactones) is 2. The van der Waals surface area contributed by atoms with Crippen LogP contribution in [0.5, 0.6) is 0 Å². The quantitative estimate of drug-likeness (QED) is 0.192. The molecule has 2 saturated heterocycles. The molecular weight excluding hydrogens is 622 g/mol. The van der Waals surface area contributed by atoms with E-state index in [0.29, 0.717) is 4.90 Å². The minimum atomic E-state index is -3.73. The van der Waals surface area contributed by atoms with Crippen LogP contribution in [0, 0.1) is 11.6 Å². The van der Waals surface area contributed by atoms with E-state index in [1.807, 2.05) is 4.72 Å². The maximum absolute atomic E-state index is 13.7. The number of sulfonamides is 2. The number of nitrogens with one attached hydrogen (secondary N) is 2. The van der Waals surface area contributed by atoms with Gasteiger partial charge in [-0.15, -0.1) is 0 Å². The predicted molar refractivity (Wildman–Crippen MR) is 138 cm³/mol. The second-order valence-corrected chi connectivity index (χ2v) is 12.9. The average molecular weight is 643 g/mol. The second-order valence-electron chi connectivity index (χ2n) is 9.25. The smallest absolute Gasteiger partial charge is 0.349 e. The molecule has 2 atom stereocenters. The van der Waals surface area contributed by atoms with Crippen molar-refractivity contribution in [2.24, 2.45) is 5.73 Å². The number of ether oxygens (including phenoxy) is 1. The summed E-state index contributed by atoms with van der Waals surface area (Å²) in [5.41, 5.74) is 4.45. The van der Waals surface area contributed by atoms with E-state index in [2.05, 4.69) is 4.74 Å². The van der Waals surface area contributed by atoms with Gasteiger partial charge >= 0.3 is 11.9 Å². The highest BCUT2D eigenvalue weighted by molar-refractivity contribution is 7.90. The normalized spacial score (nSPS) is 23.0. The van der Waals surface area contributed by atoms with Crippen molar-refractivity contribution >= 4 is 55.6 Å². The summed E-state index contributed by atoms with van der Waals surface area (Å²) in [7, 11) is -7.07. The van der Waals surface area contributed by atoms with E-state index in [1.54, 1.807) is 4.72 Å². The Hall–Kier alpha value is -4.62. The Balaban J connectivity index is 0.000000163. The molecule has 2 unspecified atom stereocenters. The van der Waals surface area contributed by atoms with Crippen LogP contribution in [0.25, 0.3) is 0 Å². The predicted octanol–water partition coefficient (Wildman–Crippen LogP) is -1.06.